The summed E-state index contributed by atoms with van der Waals surface area (Å²) in [7, 11) is 0. The van der Waals surface area contributed by atoms with Crippen LogP contribution in [0.15, 0.2) is 24.3 Å². The summed E-state index contributed by atoms with van der Waals surface area (Å²) in [4.78, 5) is 11.6. The van der Waals surface area contributed by atoms with Crippen LogP contribution in [-0.4, -0.2) is 32.1 Å². The Morgan fingerprint density at radius 3 is 2.30 bits per heavy atom. The van der Waals surface area contributed by atoms with Crippen molar-refractivity contribution in [2.24, 2.45) is 0 Å². The van der Waals surface area contributed by atoms with E-state index in [1.54, 1.807) is 12.1 Å². The Balaban J connectivity index is 2.27. The van der Waals surface area contributed by atoms with Crippen molar-refractivity contribution in [1.82, 2.24) is 10.6 Å². The largest absolute Gasteiger partial charge is 0.351 e. The highest BCUT2D eigenvalue weighted by Crippen LogP contribution is 2.08. The van der Waals surface area contributed by atoms with E-state index in [9.17, 15) is 4.79 Å². The smallest absolute Gasteiger partial charge is 0.315 e. The van der Waals surface area contributed by atoms with Gasteiger partial charge in [-0.05, 0) is 31.5 Å². The molecule has 0 saturated carbocycles. The summed E-state index contributed by atoms with van der Waals surface area (Å²) in [6.45, 7) is 5.60. The van der Waals surface area contributed by atoms with Crippen molar-refractivity contribution in [2.45, 2.75) is 26.7 Å². The third kappa shape index (κ3) is 6.75. The molecule has 5 nitrogen and oxygen atoms in total. The molecule has 2 amide bonds. The van der Waals surface area contributed by atoms with Crippen LogP contribution in [0.25, 0.3) is 0 Å². The quantitative estimate of drug-likeness (QED) is 0.725. The molecule has 0 unspecified atom stereocenters. The van der Waals surface area contributed by atoms with Gasteiger partial charge in [0.25, 0.3) is 0 Å². The number of nitrogens with one attached hydrogen (secondary N) is 2. The molecule has 20 heavy (non-hydrogen) atoms. The van der Waals surface area contributed by atoms with E-state index in [1.807, 2.05) is 26.0 Å². The number of rotatable bonds is 8. The van der Waals surface area contributed by atoms with Crippen LogP contribution >= 0.6 is 11.6 Å². The molecule has 1 aromatic carbocycles. The molecule has 0 fully saturated rings. The van der Waals surface area contributed by atoms with Crippen LogP contribution in [0.3, 0.4) is 0 Å². The first-order valence-corrected chi connectivity index (χ1v) is 7.02. The summed E-state index contributed by atoms with van der Waals surface area (Å²) in [6, 6.07) is 7.05. The highest BCUT2D eigenvalue weighted by molar-refractivity contribution is 6.30. The fraction of sp³-hybridized carbons (Fsp3) is 0.500. The molecule has 0 heterocycles. The lowest BCUT2D eigenvalue weighted by molar-refractivity contribution is -0.131. The zero-order chi connectivity index (χ0) is 14.8. The SMILES string of the molecule is CCOC(CNC(=O)NCc1ccc(Cl)cc1)OCC. The van der Waals surface area contributed by atoms with E-state index in [1.165, 1.54) is 0 Å². The van der Waals surface area contributed by atoms with Crippen molar-refractivity contribution in [2.75, 3.05) is 19.8 Å². The average Bonchev–Trinajstić information content (AvgIpc) is 2.44. The summed E-state index contributed by atoms with van der Waals surface area (Å²) >= 11 is 5.79. The normalized spacial score (nSPS) is 10.6. The number of amides is 2. The van der Waals surface area contributed by atoms with Crippen LogP contribution in [0.5, 0.6) is 0 Å². The summed E-state index contributed by atoms with van der Waals surface area (Å²) in [6.07, 6.45) is -0.411. The lowest BCUT2D eigenvalue weighted by Gasteiger charge is -2.17. The molecule has 0 aromatic heterocycles. The minimum Gasteiger partial charge on any atom is -0.351 e. The van der Waals surface area contributed by atoms with Gasteiger partial charge in [0.15, 0.2) is 6.29 Å². The molecule has 0 saturated heterocycles. The van der Waals surface area contributed by atoms with Crippen LogP contribution in [-0.2, 0) is 16.0 Å². The van der Waals surface area contributed by atoms with Crippen LogP contribution in [0.1, 0.15) is 19.4 Å². The summed E-state index contributed by atoms with van der Waals surface area (Å²) in [5, 5.41) is 6.14. The number of hydrogen-bond acceptors (Lipinski definition) is 3. The van der Waals surface area contributed by atoms with Gasteiger partial charge in [-0.1, -0.05) is 23.7 Å². The van der Waals surface area contributed by atoms with Crippen LogP contribution in [0.2, 0.25) is 5.02 Å². The van der Waals surface area contributed by atoms with Crippen LogP contribution < -0.4 is 10.6 Å². The van der Waals surface area contributed by atoms with Gasteiger partial charge >= 0.3 is 6.03 Å². The van der Waals surface area contributed by atoms with Gasteiger partial charge in [-0.3, -0.25) is 0 Å². The first kappa shape index (κ1) is 16.8. The van der Waals surface area contributed by atoms with Crippen molar-refractivity contribution >= 4 is 17.6 Å². The first-order valence-electron chi connectivity index (χ1n) is 6.65. The number of benzene rings is 1. The van der Waals surface area contributed by atoms with E-state index >= 15 is 0 Å². The zero-order valence-electron chi connectivity index (χ0n) is 11.8. The van der Waals surface area contributed by atoms with Crippen molar-refractivity contribution in [3.05, 3.63) is 34.9 Å². The Bertz CT molecular complexity index is 392. The fourth-order valence-electron chi connectivity index (χ4n) is 1.56. The van der Waals surface area contributed by atoms with E-state index in [0.717, 1.165) is 5.56 Å². The van der Waals surface area contributed by atoms with Crippen molar-refractivity contribution in [1.29, 1.82) is 0 Å². The van der Waals surface area contributed by atoms with E-state index in [2.05, 4.69) is 10.6 Å². The molecule has 1 aromatic rings. The predicted octanol–water partition coefficient (Wildman–Crippen LogP) is 2.54. The van der Waals surface area contributed by atoms with E-state index < -0.39 is 6.29 Å². The molecule has 0 radical (unpaired) electrons. The Labute approximate surface area is 124 Å². The van der Waals surface area contributed by atoms with E-state index in [-0.39, 0.29) is 6.03 Å². The third-order valence-corrected chi connectivity index (χ3v) is 2.75. The molecule has 0 atom stereocenters. The predicted molar refractivity (Wildman–Crippen MR) is 78.7 cm³/mol. The van der Waals surface area contributed by atoms with Gasteiger partial charge in [0, 0.05) is 24.8 Å². The minimum atomic E-state index is -0.411. The van der Waals surface area contributed by atoms with Gasteiger partial charge in [-0.25, -0.2) is 4.79 Å². The van der Waals surface area contributed by atoms with Crippen molar-refractivity contribution < 1.29 is 14.3 Å². The maximum absolute atomic E-state index is 11.6. The second kappa shape index (κ2) is 9.58. The number of urea groups is 1. The van der Waals surface area contributed by atoms with Crippen LogP contribution in [0, 0.1) is 0 Å². The molecule has 0 aliphatic heterocycles. The number of ether oxygens (including phenoxy) is 2. The highest BCUT2D eigenvalue weighted by Gasteiger charge is 2.09. The average molecular weight is 301 g/mol. The van der Waals surface area contributed by atoms with Crippen molar-refractivity contribution in [3.63, 3.8) is 0 Å². The summed E-state index contributed by atoms with van der Waals surface area (Å²) < 4.78 is 10.7. The molecule has 112 valence electrons. The second-order valence-electron chi connectivity index (χ2n) is 4.03. The Morgan fingerprint density at radius 2 is 1.75 bits per heavy atom. The molecular formula is C14H21ClN2O3. The number of halogens is 1. The topological polar surface area (TPSA) is 59.6 Å². The monoisotopic (exact) mass is 300 g/mol. The van der Waals surface area contributed by atoms with E-state index in [4.69, 9.17) is 21.1 Å². The minimum absolute atomic E-state index is 0.260. The number of carbonyl (C=O) groups excluding carboxylic acids is 1. The number of hydrogen-bond donors (Lipinski definition) is 2. The van der Waals surface area contributed by atoms with Gasteiger partial charge in [-0.15, -0.1) is 0 Å². The Kier molecular flexibility index (Phi) is 8.02. The first-order chi connectivity index (χ1) is 9.65. The van der Waals surface area contributed by atoms with E-state index in [0.29, 0.717) is 31.3 Å². The Morgan fingerprint density at radius 1 is 1.15 bits per heavy atom. The van der Waals surface area contributed by atoms with Gasteiger partial charge in [-0.2, -0.15) is 0 Å². The van der Waals surface area contributed by atoms with Crippen LogP contribution in [0.4, 0.5) is 4.79 Å². The second-order valence-corrected chi connectivity index (χ2v) is 4.47. The maximum atomic E-state index is 11.6. The Hall–Kier alpha value is -1.30. The van der Waals surface area contributed by atoms with Gasteiger partial charge in [0.2, 0.25) is 0 Å². The molecule has 6 heteroatoms. The molecule has 2 N–H and O–H groups in total. The molecular weight excluding hydrogens is 280 g/mol. The van der Waals surface area contributed by atoms with Gasteiger partial charge in [0.1, 0.15) is 0 Å². The maximum Gasteiger partial charge on any atom is 0.315 e. The van der Waals surface area contributed by atoms with Crippen molar-refractivity contribution in [3.8, 4) is 0 Å². The molecule has 0 spiro atoms. The molecule has 0 aliphatic carbocycles. The van der Waals surface area contributed by atoms with Gasteiger partial charge < -0.3 is 20.1 Å². The number of carbonyl (C=O) groups is 1. The fourth-order valence-corrected chi connectivity index (χ4v) is 1.69. The molecule has 0 bridgehead atoms. The molecule has 1 rings (SSSR count). The summed E-state index contributed by atoms with van der Waals surface area (Å²) in [5.41, 5.74) is 0.982. The third-order valence-electron chi connectivity index (χ3n) is 2.50. The zero-order valence-corrected chi connectivity index (χ0v) is 12.6. The lowest BCUT2D eigenvalue weighted by atomic mass is 10.2. The summed E-state index contributed by atoms with van der Waals surface area (Å²) in [5.74, 6) is 0. The standard InChI is InChI=1S/C14H21ClN2O3/c1-3-19-13(20-4-2)10-17-14(18)16-9-11-5-7-12(15)8-6-11/h5-8,13H,3-4,9-10H2,1-2H3,(H2,16,17,18). The highest BCUT2D eigenvalue weighted by atomic mass is 35.5. The lowest BCUT2D eigenvalue weighted by Crippen LogP contribution is -2.41. The van der Waals surface area contributed by atoms with Gasteiger partial charge in [0.05, 0.1) is 6.54 Å². The molecule has 0 aliphatic rings.